The summed E-state index contributed by atoms with van der Waals surface area (Å²) in [4.78, 5) is 43.3. The van der Waals surface area contributed by atoms with Crippen LogP contribution in [0.5, 0.6) is 0 Å². The first-order valence-corrected chi connectivity index (χ1v) is 18.6. The summed E-state index contributed by atoms with van der Waals surface area (Å²) in [5.74, 6) is 3.02. The van der Waals surface area contributed by atoms with Crippen molar-refractivity contribution in [2.45, 2.75) is 85.7 Å². The van der Waals surface area contributed by atoms with Gasteiger partial charge in [0.2, 0.25) is 11.8 Å². The van der Waals surface area contributed by atoms with Crippen LogP contribution in [0.1, 0.15) is 91.1 Å². The number of hydrogen-bond donors (Lipinski definition) is 1. The molecule has 0 bridgehead atoms. The average Bonchev–Trinajstić information content (AvgIpc) is 3.90. The molecule has 2 fully saturated rings. The van der Waals surface area contributed by atoms with Crippen LogP contribution in [0.3, 0.4) is 0 Å². The highest BCUT2D eigenvalue weighted by Gasteiger charge is 2.38. The summed E-state index contributed by atoms with van der Waals surface area (Å²) in [7, 11) is 0. The van der Waals surface area contributed by atoms with E-state index in [1.807, 2.05) is 17.3 Å². The molecule has 260 valence electrons. The number of H-pyrrole nitrogens is 1. The molecule has 3 aliphatic heterocycles. The van der Waals surface area contributed by atoms with E-state index in [1.165, 1.54) is 33.0 Å². The van der Waals surface area contributed by atoms with E-state index in [2.05, 4.69) is 112 Å². The molecule has 0 saturated carbocycles. The number of amides is 2. The smallest absolute Gasteiger partial charge is 0.223 e. The number of carbonyl (C=O) groups is 2. The lowest BCUT2D eigenvalue weighted by atomic mass is 9.95. The van der Waals surface area contributed by atoms with Gasteiger partial charge >= 0.3 is 0 Å². The molecule has 4 aromatic rings. The van der Waals surface area contributed by atoms with Gasteiger partial charge in [0.05, 0.1) is 24.0 Å². The lowest BCUT2D eigenvalue weighted by molar-refractivity contribution is -0.133. The summed E-state index contributed by atoms with van der Waals surface area (Å²) in [5, 5.41) is 2.36. The van der Waals surface area contributed by atoms with Crippen molar-refractivity contribution in [3.63, 3.8) is 0 Å². The Balaban J connectivity index is 1.02. The average molecular weight is 670 g/mol. The van der Waals surface area contributed by atoms with E-state index in [0.717, 1.165) is 55.1 Å². The van der Waals surface area contributed by atoms with Crippen molar-refractivity contribution in [2.24, 2.45) is 28.7 Å². The molecule has 0 aliphatic carbocycles. The Labute approximate surface area is 296 Å². The maximum absolute atomic E-state index is 13.0. The van der Waals surface area contributed by atoms with Crippen LogP contribution in [0.4, 0.5) is 0 Å². The van der Waals surface area contributed by atoms with Crippen LogP contribution < -0.4 is 0 Å². The van der Waals surface area contributed by atoms with Gasteiger partial charge in [-0.2, -0.15) is 0 Å². The fourth-order valence-electron chi connectivity index (χ4n) is 8.10. The van der Waals surface area contributed by atoms with Crippen LogP contribution in [-0.4, -0.2) is 56.4 Å². The molecule has 1 aromatic heterocycles. The highest BCUT2D eigenvalue weighted by molar-refractivity contribution is 6.03. The Morgan fingerprint density at radius 2 is 1.28 bits per heavy atom. The van der Waals surface area contributed by atoms with Crippen molar-refractivity contribution >= 4 is 33.9 Å². The topological polar surface area (TPSA) is 81.7 Å². The van der Waals surface area contributed by atoms with Crippen molar-refractivity contribution in [1.29, 1.82) is 0 Å². The van der Waals surface area contributed by atoms with Gasteiger partial charge in [-0.05, 0) is 81.7 Å². The zero-order chi connectivity index (χ0) is 35.1. The molecule has 7 heteroatoms. The van der Waals surface area contributed by atoms with Gasteiger partial charge < -0.3 is 14.8 Å². The number of likely N-dealkylation sites (tertiary alicyclic amines) is 2. The molecule has 2 saturated heterocycles. The number of aliphatic imine (C=N–C) groups is 1. The van der Waals surface area contributed by atoms with Gasteiger partial charge in [0.15, 0.2) is 0 Å². The first-order chi connectivity index (χ1) is 24.0. The van der Waals surface area contributed by atoms with Gasteiger partial charge in [0.25, 0.3) is 0 Å². The lowest BCUT2D eigenvalue weighted by Crippen LogP contribution is -2.40. The van der Waals surface area contributed by atoms with E-state index < -0.39 is 0 Å². The molecule has 50 heavy (non-hydrogen) atoms. The van der Waals surface area contributed by atoms with E-state index in [-0.39, 0.29) is 23.9 Å². The fraction of sp³-hybridized carbons (Fsp3) is 0.442. The van der Waals surface area contributed by atoms with Gasteiger partial charge in [-0.15, -0.1) is 0 Å². The van der Waals surface area contributed by atoms with Gasteiger partial charge in [-0.3, -0.25) is 14.6 Å². The number of imidazole rings is 1. The van der Waals surface area contributed by atoms with Crippen molar-refractivity contribution in [2.75, 3.05) is 13.1 Å². The number of carbonyl (C=O) groups excluding carboxylic acids is 2. The van der Waals surface area contributed by atoms with Crippen LogP contribution in [0.15, 0.2) is 78.1 Å². The summed E-state index contributed by atoms with van der Waals surface area (Å²) < 4.78 is 0. The number of fused-ring (bicyclic) bond motifs is 1. The predicted octanol–water partition coefficient (Wildman–Crippen LogP) is 9.32. The predicted molar refractivity (Wildman–Crippen MR) is 203 cm³/mol. The summed E-state index contributed by atoms with van der Waals surface area (Å²) in [5.41, 5.74) is 7.94. The second kappa shape index (κ2) is 14.0. The molecular formula is C43H51N5O2. The standard InChI is InChI=1S/C43H51N5O2/c1-26(2)15-41(49)47-24-28(5)17-39(47)37-21-36(22-44-37)31-9-7-30(8-10-31)32-11-12-34-20-35(14-13-33(34)19-32)38-23-45-43(46-38)40-18-29(6)25-48(40)42(50)16-27(3)4/h7-14,19-20,22-23,26-29,39-40H,15-18,21,24-25H2,1-6H3,(H,45,46)/t28-,29-,39-,40-/m0/s1. The highest BCUT2D eigenvalue weighted by Crippen LogP contribution is 2.37. The Kier molecular flexibility index (Phi) is 9.51. The molecule has 3 aromatic carbocycles. The van der Waals surface area contributed by atoms with Gasteiger partial charge in [0.1, 0.15) is 5.82 Å². The summed E-state index contributed by atoms with van der Waals surface area (Å²) in [6.45, 7) is 14.5. The number of rotatable bonds is 9. The normalized spacial score (nSPS) is 22.2. The molecule has 0 unspecified atom stereocenters. The molecule has 4 heterocycles. The summed E-state index contributed by atoms with van der Waals surface area (Å²) in [6.07, 6.45) is 7.81. The molecular weight excluding hydrogens is 619 g/mol. The number of allylic oxidation sites excluding steroid dienone is 1. The maximum Gasteiger partial charge on any atom is 0.223 e. The third-order valence-corrected chi connectivity index (χ3v) is 10.6. The Morgan fingerprint density at radius 3 is 1.92 bits per heavy atom. The fourth-order valence-corrected chi connectivity index (χ4v) is 8.10. The first kappa shape index (κ1) is 34.0. The third-order valence-electron chi connectivity index (χ3n) is 10.6. The van der Waals surface area contributed by atoms with E-state index in [1.54, 1.807) is 0 Å². The summed E-state index contributed by atoms with van der Waals surface area (Å²) in [6, 6.07) is 22.1. The molecule has 4 atom stereocenters. The number of nitrogens with one attached hydrogen (secondary N) is 1. The zero-order valence-electron chi connectivity index (χ0n) is 30.4. The SMILES string of the molecule is CC(C)CC(=O)N1C[C@@H](C)C[C@H]1C1=NC=C(c2ccc(-c3ccc4cc(-c5cnc([C@@H]6C[C@H](C)CN6C(=O)CC(C)C)[nH]5)ccc4c3)cc2)C1. The highest BCUT2D eigenvalue weighted by atomic mass is 16.2. The minimum atomic E-state index is 0.00523. The summed E-state index contributed by atoms with van der Waals surface area (Å²) >= 11 is 0. The van der Waals surface area contributed by atoms with Crippen molar-refractivity contribution in [1.82, 2.24) is 19.8 Å². The first-order valence-electron chi connectivity index (χ1n) is 18.6. The van der Waals surface area contributed by atoms with Gasteiger partial charge in [0, 0.05) is 49.8 Å². The van der Waals surface area contributed by atoms with Crippen molar-refractivity contribution in [3.05, 3.63) is 84.4 Å². The Morgan fingerprint density at radius 1 is 0.740 bits per heavy atom. The second-order valence-electron chi connectivity index (χ2n) is 16.0. The minimum absolute atomic E-state index is 0.00523. The van der Waals surface area contributed by atoms with Crippen LogP contribution in [-0.2, 0) is 9.59 Å². The number of nitrogens with zero attached hydrogens (tertiary/aromatic N) is 4. The molecule has 0 radical (unpaired) electrons. The van der Waals surface area contributed by atoms with Gasteiger partial charge in [-0.1, -0.05) is 90.1 Å². The molecule has 7 rings (SSSR count). The maximum atomic E-state index is 13.0. The number of aromatic amines is 1. The number of benzene rings is 3. The van der Waals surface area contributed by atoms with Crippen molar-refractivity contribution in [3.8, 4) is 22.4 Å². The van der Waals surface area contributed by atoms with Crippen LogP contribution in [0, 0.1) is 23.7 Å². The van der Waals surface area contributed by atoms with Crippen LogP contribution in [0.2, 0.25) is 0 Å². The minimum Gasteiger partial charge on any atom is -0.340 e. The molecule has 2 amide bonds. The molecule has 3 aliphatic rings. The van der Waals surface area contributed by atoms with E-state index in [0.29, 0.717) is 36.5 Å². The van der Waals surface area contributed by atoms with Gasteiger partial charge in [-0.25, -0.2) is 4.98 Å². The largest absolute Gasteiger partial charge is 0.340 e. The Hall–Kier alpha value is -4.52. The monoisotopic (exact) mass is 669 g/mol. The van der Waals surface area contributed by atoms with E-state index >= 15 is 0 Å². The quantitative estimate of drug-likeness (QED) is 0.193. The molecule has 7 nitrogen and oxygen atoms in total. The Bertz CT molecular complexity index is 1950. The van der Waals surface area contributed by atoms with E-state index in [4.69, 9.17) is 9.98 Å². The number of hydrogen-bond acceptors (Lipinski definition) is 4. The zero-order valence-corrected chi connectivity index (χ0v) is 30.4. The molecule has 1 N–H and O–H groups in total. The number of aromatic nitrogens is 2. The van der Waals surface area contributed by atoms with Crippen molar-refractivity contribution < 1.29 is 9.59 Å². The molecule has 0 spiro atoms. The van der Waals surface area contributed by atoms with Crippen LogP contribution >= 0.6 is 0 Å². The third kappa shape index (κ3) is 7.05. The lowest BCUT2D eigenvalue weighted by Gasteiger charge is -2.26. The second-order valence-corrected chi connectivity index (χ2v) is 16.0. The van der Waals surface area contributed by atoms with E-state index in [9.17, 15) is 9.59 Å². The van der Waals surface area contributed by atoms with Crippen LogP contribution in [0.25, 0.3) is 38.7 Å².